The van der Waals surface area contributed by atoms with Crippen LogP contribution in [0.2, 0.25) is 0 Å². The molecule has 2 rings (SSSR count). The van der Waals surface area contributed by atoms with Gasteiger partial charge in [0.1, 0.15) is 36.9 Å². The molecule has 0 aliphatic rings. The van der Waals surface area contributed by atoms with Crippen molar-refractivity contribution in [2.24, 2.45) is 0 Å². The standard InChI is InChI=1S/C30H48N2O6S/c1-5-17-31(18-6-2)21-25(33)23-37-27-9-13-29(14-10-27)39(35,36)30-15-11-28(12-16-30)38-24-26(34)22-32(19-7-3)20-8-4/h9-16,25-26,33-34H,5-8,17-24H2,1-4H3/t25-,26-/m1/s1. The van der Waals surface area contributed by atoms with Crippen LogP contribution in [0.4, 0.5) is 0 Å². The molecule has 0 unspecified atom stereocenters. The quantitative estimate of drug-likeness (QED) is 0.246. The fourth-order valence-electron chi connectivity index (χ4n) is 4.51. The Morgan fingerprint density at radius 2 is 0.923 bits per heavy atom. The van der Waals surface area contributed by atoms with Crippen LogP contribution in [0, 0.1) is 0 Å². The Bertz CT molecular complexity index is 941. The molecule has 39 heavy (non-hydrogen) atoms. The number of rotatable bonds is 20. The molecule has 9 heteroatoms. The second-order valence-electron chi connectivity index (χ2n) is 9.98. The molecule has 2 N–H and O–H groups in total. The lowest BCUT2D eigenvalue weighted by Gasteiger charge is -2.24. The maximum atomic E-state index is 13.1. The van der Waals surface area contributed by atoms with Crippen LogP contribution < -0.4 is 9.47 Å². The molecule has 0 radical (unpaired) electrons. The zero-order chi connectivity index (χ0) is 28.7. The van der Waals surface area contributed by atoms with Gasteiger partial charge in [0.15, 0.2) is 0 Å². The summed E-state index contributed by atoms with van der Waals surface area (Å²) in [7, 11) is -3.72. The van der Waals surface area contributed by atoms with Crippen molar-refractivity contribution in [1.82, 2.24) is 9.80 Å². The van der Waals surface area contributed by atoms with Crippen LogP contribution in [-0.2, 0) is 9.84 Å². The van der Waals surface area contributed by atoms with Gasteiger partial charge in [-0.2, -0.15) is 0 Å². The van der Waals surface area contributed by atoms with Gasteiger partial charge < -0.3 is 29.5 Å². The van der Waals surface area contributed by atoms with Crippen molar-refractivity contribution in [1.29, 1.82) is 0 Å². The van der Waals surface area contributed by atoms with E-state index in [4.69, 9.17) is 9.47 Å². The minimum Gasteiger partial charge on any atom is -0.491 e. The highest BCUT2D eigenvalue weighted by Crippen LogP contribution is 2.25. The lowest BCUT2D eigenvalue weighted by molar-refractivity contribution is 0.0680. The van der Waals surface area contributed by atoms with E-state index in [0.717, 1.165) is 51.9 Å². The third-order valence-electron chi connectivity index (χ3n) is 6.25. The predicted molar refractivity (Wildman–Crippen MR) is 155 cm³/mol. The molecule has 0 aliphatic heterocycles. The molecule has 8 nitrogen and oxygen atoms in total. The fourth-order valence-corrected chi connectivity index (χ4v) is 5.77. The topological polar surface area (TPSA) is 99.5 Å². The molecule has 2 aromatic carbocycles. The molecule has 0 spiro atoms. The molecule has 0 heterocycles. The summed E-state index contributed by atoms with van der Waals surface area (Å²) in [5.74, 6) is 1.01. The summed E-state index contributed by atoms with van der Waals surface area (Å²) in [5.41, 5.74) is 0. The predicted octanol–water partition coefficient (Wildman–Crippen LogP) is 4.24. The van der Waals surface area contributed by atoms with Crippen LogP contribution in [0.1, 0.15) is 53.4 Å². The van der Waals surface area contributed by atoms with Gasteiger partial charge in [0.25, 0.3) is 0 Å². The van der Waals surface area contributed by atoms with Crippen molar-refractivity contribution in [3.63, 3.8) is 0 Å². The van der Waals surface area contributed by atoms with Crippen LogP contribution in [0.5, 0.6) is 11.5 Å². The van der Waals surface area contributed by atoms with Gasteiger partial charge in [-0.1, -0.05) is 27.7 Å². The molecular weight excluding hydrogens is 516 g/mol. The van der Waals surface area contributed by atoms with Crippen molar-refractivity contribution in [2.45, 2.75) is 75.4 Å². The minimum absolute atomic E-state index is 0.140. The van der Waals surface area contributed by atoms with Gasteiger partial charge in [0.05, 0.1) is 9.79 Å². The van der Waals surface area contributed by atoms with E-state index in [1.165, 1.54) is 24.3 Å². The van der Waals surface area contributed by atoms with Gasteiger partial charge in [0, 0.05) is 13.1 Å². The van der Waals surface area contributed by atoms with Crippen LogP contribution in [0.25, 0.3) is 0 Å². The first kappa shape index (κ1) is 33.0. The van der Waals surface area contributed by atoms with Crippen LogP contribution in [-0.4, -0.2) is 93.1 Å². The molecule has 0 bridgehead atoms. The Kier molecular flexibility index (Phi) is 14.8. The summed E-state index contributed by atoms with van der Waals surface area (Å²) in [4.78, 5) is 4.75. The van der Waals surface area contributed by atoms with Gasteiger partial charge in [-0.05, 0) is 100 Å². The lowest BCUT2D eigenvalue weighted by atomic mass is 10.3. The van der Waals surface area contributed by atoms with Gasteiger partial charge in [-0.25, -0.2) is 8.42 Å². The highest BCUT2D eigenvalue weighted by Gasteiger charge is 2.19. The Labute approximate surface area is 235 Å². The Balaban J connectivity index is 1.90. The molecule has 0 aromatic heterocycles. The molecule has 0 amide bonds. The maximum Gasteiger partial charge on any atom is 0.206 e. The van der Waals surface area contributed by atoms with Crippen molar-refractivity contribution >= 4 is 9.84 Å². The Morgan fingerprint density at radius 3 is 1.21 bits per heavy atom. The number of aliphatic hydroxyl groups excluding tert-OH is 2. The van der Waals surface area contributed by atoms with Crippen LogP contribution >= 0.6 is 0 Å². The van der Waals surface area contributed by atoms with E-state index in [-0.39, 0.29) is 23.0 Å². The maximum absolute atomic E-state index is 13.1. The van der Waals surface area contributed by atoms with E-state index < -0.39 is 22.0 Å². The van der Waals surface area contributed by atoms with Crippen LogP contribution in [0.15, 0.2) is 58.3 Å². The van der Waals surface area contributed by atoms with Gasteiger partial charge >= 0.3 is 0 Å². The summed E-state index contributed by atoms with van der Waals surface area (Å²) in [6.07, 6.45) is 2.86. The number of nitrogens with zero attached hydrogens (tertiary/aromatic N) is 2. The second-order valence-corrected chi connectivity index (χ2v) is 11.9. The first-order chi connectivity index (χ1) is 18.7. The van der Waals surface area contributed by atoms with Crippen molar-refractivity contribution < 1.29 is 28.1 Å². The molecule has 0 aliphatic carbocycles. The number of aliphatic hydroxyl groups is 2. The first-order valence-corrected chi connectivity index (χ1v) is 15.7. The molecule has 0 saturated carbocycles. The van der Waals surface area contributed by atoms with E-state index in [2.05, 4.69) is 37.5 Å². The van der Waals surface area contributed by atoms with Crippen molar-refractivity contribution in [3.8, 4) is 11.5 Å². The largest absolute Gasteiger partial charge is 0.491 e. The van der Waals surface area contributed by atoms with E-state index in [1.54, 1.807) is 24.3 Å². The molecule has 2 aromatic rings. The fraction of sp³-hybridized carbons (Fsp3) is 0.600. The van der Waals surface area contributed by atoms with Gasteiger partial charge in [-0.3, -0.25) is 0 Å². The minimum atomic E-state index is -3.72. The molecule has 0 fully saturated rings. The SMILES string of the molecule is CCCN(CCC)C[C@@H](O)COc1ccc(S(=O)(=O)c2ccc(OC[C@H](O)CN(CCC)CCC)cc2)cc1. The molecule has 0 saturated heterocycles. The van der Waals surface area contributed by atoms with E-state index in [1.807, 2.05) is 0 Å². The summed E-state index contributed by atoms with van der Waals surface area (Å²) in [5, 5.41) is 20.7. The monoisotopic (exact) mass is 564 g/mol. The Hall–Kier alpha value is -2.17. The summed E-state index contributed by atoms with van der Waals surface area (Å²) in [6.45, 7) is 13.6. The van der Waals surface area contributed by atoms with Crippen molar-refractivity contribution in [2.75, 3.05) is 52.5 Å². The smallest absolute Gasteiger partial charge is 0.206 e. The van der Waals surface area contributed by atoms with Gasteiger partial charge in [-0.15, -0.1) is 0 Å². The summed E-state index contributed by atoms with van der Waals surface area (Å²) >= 11 is 0. The zero-order valence-electron chi connectivity index (χ0n) is 24.1. The van der Waals surface area contributed by atoms with Gasteiger partial charge in [0.2, 0.25) is 9.84 Å². The van der Waals surface area contributed by atoms with Crippen molar-refractivity contribution in [3.05, 3.63) is 48.5 Å². The zero-order valence-corrected chi connectivity index (χ0v) is 24.9. The summed E-state index contributed by atoms with van der Waals surface area (Å²) < 4.78 is 37.6. The highest BCUT2D eigenvalue weighted by molar-refractivity contribution is 7.91. The number of benzene rings is 2. The lowest BCUT2D eigenvalue weighted by Crippen LogP contribution is -2.36. The summed E-state index contributed by atoms with van der Waals surface area (Å²) in [6, 6.07) is 12.5. The molecule has 220 valence electrons. The number of hydrogen-bond acceptors (Lipinski definition) is 8. The normalized spacial score (nSPS) is 13.5. The van der Waals surface area contributed by atoms with E-state index in [0.29, 0.717) is 24.6 Å². The molecule has 2 atom stereocenters. The van der Waals surface area contributed by atoms with E-state index >= 15 is 0 Å². The second kappa shape index (κ2) is 17.5. The van der Waals surface area contributed by atoms with E-state index in [9.17, 15) is 18.6 Å². The number of ether oxygens (including phenoxy) is 2. The molecular formula is C30H48N2O6S. The first-order valence-electron chi connectivity index (χ1n) is 14.2. The Morgan fingerprint density at radius 1 is 0.615 bits per heavy atom. The highest BCUT2D eigenvalue weighted by atomic mass is 32.2. The number of sulfone groups is 1. The average Bonchev–Trinajstić information content (AvgIpc) is 2.92. The third-order valence-corrected chi connectivity index (χ3v) is 8.04. The average molecular weight is 565 g/mol. The van der Waals surface area contributed by atoms with Crippen LogP contribution in [0.3, 0.4) is 0 Å². The third kappa shape index (κ3) is 11.5. The number of hydrogen-bond donors (Lipinski definition) is 2.